The Morgan fingerprint density at radius 3 is 2.93 bits per heavy atom. The van der Waals surface area contributed by atoms with Gasteiger partial charge in [0, 0.05) is 4.91 Å². The summed E-state index contributed by atoms with van der Waals surface area (Å²) in [6.07, 6.45) is 0. The van der Waals surface area contributed by atoms with E-state index in [1.165, 1.54) is 12.1 Å². The first-order valence-corrected chi connectivity index (χ1v) is 4.03. The number of carbonyl (C=O) groups excluding carboxylic acids is 2. The van der Waals surface area contributed by atoms with Gasteiger partial charge in [-0.3, -0.25) is 9.59 Å². The molecular formula is C9H7N3O3. The van der Waals surface area contributed by atoms with E-state index in [1.54, 1.807) is 12.1 Å². The van der Waals surface area contributed by atoms with Gasteiger partial charge in [-0.1, -0.05) is 17.2 Å². The van der Waals surface area contributed by atoms with Gasteiger partial charge >= 0.3 is 0 Å². The van der Waals surface area contributed by atoms with Crippen molar-refractivity contribution < 1.29 is 14.3 Å². The number of para-hydroxylation sites is 1. The van der Waals surface area contributed by atoms with Crippen molar-refractivity contribution in [1.82, 2.24) is 0 Å². The average molecular weight is 205 g/mol. The van der Waals surface area contributed by atoms with Crippen LogP contribution in [0.3, 0.4) is 0 Å². The molecule has 1 aromatic rings. The molecule has 0 aliphatic heterocycles. The summed E-state index contributed by atoms with van der Waals surface area (Å²) >= 11 is 0. The molecular weight excluding hydrogens is 198 g/mol. The summed E-state index contributed by atoms with van der Waals surface area (Å²) < 4.78 is 4.60. The van der Waals surface area contributed by atoms with E-state index in [-0.39, 0.29) is 24.3 Å². The lowest BCUT2D eigenvalue weighted by molar-refractivity contribution is -0.120. The SMILES string of the molecule is [N-]=[N+]=NCC(=O)c1ccccc1OC=O. The van der Waals surface area contributed by atoms with Crippen molar-refractivity contribution in [3.8, 4) is 5.75 Å². The molecule has 0 radical (unpaired) electrons. The summed E-state index contributed by atoms with van der Waals surface area (Å²) in [5, 5.41) is 3.14. The van der Waals surface area contributed by atoms with Crippen molar-refractivity contribution in [2.75, 3.05) is 6.54 Å². The third-order valence-corrected chi connectivity index (χ3v) is 1.64. The number of carbonyl (C=O) groups is 2. The minimum atomic E-state index is -0.398. The molecule has 6 heteroatoms. The molecule has 0 amide bonds. The molecule has 0 atom stereocenters. The normalized spacial score (nSPS) is 8.80. The Kier molecular flexibility index (Phi) is 3.88. The second kappa shape index (κ2) is 5.41. The lowest BCUT2D eigenvalue weighted by Gasteiger charge is -2.03. The minimum Gasteiger partial charge on any atom is -0.428 e. The van der Waals surface area contributed by atoms with Gasteiger partial charge in [-0.25, -0.2) is 0 Å². The average Bonchev–Trinajstić information content (AvgIpc) is 2.27. The molecule has 1 rings (SSSR count). The van der Waals surface area contributed by atoms with Crippen molar-refractivity contribution in [2.45, 2.75) is 0 Å². The van der Waals surface area contributed by atoms with E-state index in [2.05, 4.69) is 14.8 Å². The van der Waals surface area contributed by atoms with E-state index >= 15 is 0 Å². The fourth-order valence-electron chi connectivity index (χ4n) is 1.03. The monoisotopic (exact) mass is 205 g/mol. The molecule has 0 N–H and O–H groups in total. The van der Waals surface area contributed by atoms with Crippen LogP contribution in [0, 0.1) is 0 Å². The van der Waals surface area contributed by atoms with Crippen molar-refractivity contribution in [3.05, 3.63) is 40.3 Å². The van der Waals surface area contributed by atoms with Crippen LogP contribution in [0.1, 0.15) is 10.4 Å². The first kappa shape index (κ1) is 10.7. The molecule has 0 bridgehead atoms. The maximum Gasteiger partial charge on any atom is 0.298 e. The van der Waals surface area contributed by atoms with Crippen molar-refractivity contribution in [2.24, 2.45) is 5.11 Å². The number of Topliss-reactive ketones (excluding diaryl/α,β-unsaturated/α-hetero) is 1. The van der Waals surface area contributed by atoms with Gasteiger partial charge in [-0.15, -0.1) is 0 Å². The molecule has 6 nitrogen and oxygen atoms in total. The zero-order valence-electron chi connectivity index (χ0n) is 7.66. The highest BCUT2D eigenvalue weighted by Gasteiger charge is 2.10. The van der Waals surface area contributed by atoms with E-state index in [1.807, 2.05) is 0 Å². The highest BCUT2D eigenvalue weighted by molar-refractivity contribution is 6.00. The number of nitrogens with zero attached hydrogens (tertiary/aromatic N) is 3. The molecule has 1 aromatic carbocycles. The Balaban J connectivity index is 2.95. The molecule has 0 saturated heterocycles. The van der Waals surface area contributed by atoms with Crippen LogP contribution in [0.15, 0.2) is 29.4 Å². The predicted octanol–water partition coefficient (Wildman–Crippen LogP) is 1.71. The van der Waals surface area contributed by atoms with E-state index in [0.717, 1.165) is 0 Å². The minimum absolute atomic E-state index is 0.158. The number of hydrogen-bond acceptors (Lipinski definition) is 4. The first-order chi connectivity index (χ1) is 7.29. The number of rotatable bonds is 5. The second-order valence-corrected chi connectivity index (χ2v) is 2.52. The van der Waals surface area contributed by atoms with Crippen LogP contribution in [0.25, 0.3) is 10.4 Å². The van der Waals surface area contributed by atoms with Gasteiger partial charge < -0.3 is 4.74 Å². The van der Waals surface area contributed by atoms with Crippen LogP contribution in [0.4, 0.5) is 0 Å². The summed E-state index contributed by atoms with van der Waals surface area (Å²) in [5.41, 5.74) is 8.27. The van der Waals surface area contributed by atoms with Crippen LogP contribution in [-0.2, 0) is 4.79 Å². The number of hydrogen-bond donors (Lipinski definition) is 0. The fraction of sp³-hybridized carbons (Fsp3) is 0.111. The Morgan fingerprint density at radius 1 is 1.53 bits per heavy atom. The molecule has 0 saturated carbocycles. The maximum atomic E-state index is 11.4. The largest absolute Gasteiger partial charge is 0.428 e. The van der Waals surface area contributed by atoms with Crippen molar-refractivity contribution >= 4 is 12.3 Å². The molecule has 0 aromatic heterocycles. The van der Waals surface area contributed by atoms with Gasteiger partial charge in [0.25, 0.3) is 6.47 Å². The summed E-state index contributed by atoms with van der Waals surface area (Å²) in [6.45, 7) is -0.0601. The quantitative estimate of drug-likeness (QED) is 0.241. The van der Waals surface area contributed by atoms with Crippen LogP contribution in [0.2, 0.25) is 0 Å². The molecule has 0 aliphatic carbocycles. The highest BCUT2D eigenvalue weighted by Crippen LogP contribution is 2.17. The first-order valence-electron chi connectivity index (χ1n) is 4.03. The summed E-state index contributed by atoms with van der Waals surface area (Å²) in [6, 6.07) is 6.23. The van der Waals surface area contributed by atoms with Gasteiger partial charge in [0.2, 0.25) is 0 Å². The second-order valence-electron chi connectivity index (χ2n) is 2.52. The molecule has 0 fully saturated rings. The Labute approximate surface area is 85.1 Å². The van der Waals surface area contributed by atoms with Gasteiger partial charge in [0.1, 0.15) is 5.75 Å². The Morgan fingerprint density at radius 2 is 2.27 bits per heavy atom. The summed E-state index contributed by atoms with van der Waals surface area (Å²) in [7, 11) is 0. The number of azide groups is 1. The van der Waals surface area contributed by atoms with E-state index in [4.69, 9.17) is 5.53 Å². The van der Waals surface area contributed by atoms with Crippen molar-refractivity contribution in [3.63, 3.8) is 0 Å². The summed E-state index contributed by atoms with van der Waals surface area (Å²) in [5.74, 6) is -0.240. The molecule has 0 aliphatic rings. The van der Waals surface area contributed by atoms with E-state index < -0.39 is 5.78 Å². The number of ether oxygens (including phenoxy) is 1. The zero-order valence-corrected chi connectivity index (χ0v) is 7.66. The smallest absolute Gasteiger partial charge is 0.298 e. The summed E-state index contributed by atoms with van der Waals surface area (Å²) in [4.78, 5) is 24.1. The van der Waals surface area contributed by atoms with Gasteiger partial charge in [-0.05, 0) is 17.7 Å². The molecule has 0 heterocycles. The van der Waals surface area contributed by atoms with Crippen LogP contribution >= 0.6 is 0 Å². The maximum absolute atomic E-state index is 11.4. The van der Waals surface area contributed by atoms with Gasteiger partial charge in [-0.2, -0.15) is 0 Å². The Hall–Kier alpha value is -2.33. The lowest BCUT2D eigenvalue weighted by atomic mass is 10.1. The van der Waals surface area contributed by atoms with Crippen LogP contribution in [-0.4, -0.2) is 18.8 Å². The third-order valence-electron chi connectivity index (χ3n) is 1.64. The van der Waals surface area contributed by atoms with E-state index in [9.17, 15) is 9.59 Å². The van der Waals surface area contributed by atoms with Crippen molar-refractivity contribution in [1.29, 1.82) is 0 Å². The third kappa shape index (κ3) is 2.82. The number of ketones is 1. The molecule has 0 unspecified atom stereocenters. The Bertz CT molecular complexity index is 424. The number of benzene rings is 1. The van der Waals surface area contributed by atoms with Gasteiger partial charge in [0.05, 0.1) is 12.1 Å². The zero-order chi connectivity index (χ0) is 11.1. The predicted molar refractivity (Wildman–Crippen MR) is 51.5 cm³/mol. The van der Waals surface area contributed by atoms with Gasteiger partial charge in [0.15, 0.2) is 5.78 Å². The highest BCUT2D eigenvalue weighted by atomic mass is 16.5. The molecule has 0 spiro atoms. The topological polar surface area (TPSA) is 92.1 Å². The molecule has 15 heavy (non-hydrogen) atoms. The van der Waals surface area contributed by atoms with Crippen LogP contribution < -0.4 is 4.74 Å². The van der Waals surface area contributed by atoms with Crippen LogP contribution in [0.5, 0.6) is 5.75 Å². The lowest BCUT2D eigenvalue weighted by Crippen LogP contribution is -2.05. The standard InChI is InChI=1S/C9H7N3O3/c10-12-11-5-8(14)7-3-1-2-4-9(7)15-6-13/h1-4,6H,5H2. The molecule has 76 valence electrons. The van der Waals surface area contributed by atoms with E-state index in [0.29, 0.717) is 0 Å². The fourth-order valence-corrected chi connectivity index (χ4v) is 1.03.